The second-order valence-electron chi connectivity index (χ2n) is 5.53. The average molecular weight is 247 g/mol. The first-order valence-electron chi connectivity index (χ1n) is 6.78. The Labute approximate surface area is 107 Å². The number of piperidine rings is 2. The molecule has 96 valence electrons. The topological polar surface area (TPSA) is 29.1 Å². The molecule has 0 radical (unpaired) electrons. The molecule has 0 aliphatic carbocycles. The van der Waals surface area contributed by atoms with Gasteiger partial charge in [0, 0.05) is 23.6 Å². The predicted molar refractivity (Wildman–Crippen MR) is 68.0 cm³/mol. The van der Waals surface area contributed by atoms with Crippen LogP contribution in [-0.4, -0.2) is 17.9 Å². The van der Waals surface area contributed by atoms with Crippen molar-refractivity contribution in [2.24, 2.45) is 5.92 Å². The highest BCUT2D eigenvalue weighted by molar-refractivity contribution is 5.98. The minimum Gasteiger partial charge on any atom is -0.311 e. The average Bonchev–Trinajstić information content (AvgIpc) is 2.37. The van der Waals surface area contributed by atoms with Gasteiger partial charge in [-0.2, -0.15) is 0 Å². The van der Waals surface area contributed by atoms with Crippen molar-refractivity contribution in [2.75, 3.05) is 0 Å². The van der Waals surface area contributed by atoms with Crippen molar-refractivity contribution in [1.29, 1.82) is 0 Å². The van der Waals surface area contributed by atoms with Crippen molar-refractivity contribution in [3.63, 3.8) is 0 Å². The molecule has 2 aliphatic heterocycles. The highest BCUT2D eigenvalue weighted by atomic mass is 19.1. The van der Waals surface area contributed by atoms with Crippen LogP contribution in [0.3, 0.4) is 0 Å². The quantitative estimate of drug-likeness (QED) is 0.814. The van der Waals surface area contributed by atoms with Crippen LogP contribution in [0.5, 0.6) is 0 Å². The Hall–Kier alpha value is -1.22. The fourth-order valence-corrected chi connectivity index (χ4v) is 3.36. The minimum atomic E-state index is -0.324. The van der Waals surface area contributed by atoms with Crippen molar-refractivity contribution in [2.45, 2.75) is 44.2 Å². The van der Waals surface area contributed by atoms with Crippen LogP contribution in [0.1, 0.15) is 42.5 Å². The first-order valence-corrected chi connectivity index (χ1v) is 6.78. The molecule has 3 rings (SSSR count). The number of hydrogen-bond acceptors (Lipinski definition) is 2. The number of Topliss-reactive ketones (excluding diaryl/α,β-unsaturated/α-hetero) is 1. The van der Waals surface area contributed by atoms with Crippen LogP contribution in [-0.2, 0) is 0 Å². The van der Waals surface area contributed by atoms with Crippen LogP contribution in [0.2, 0.25) is 0 Å². The molecule has 0 amide bonds. The van der Waals surface area contributed by atoms with E-state index in [0.717, 1.165) is 12.8 Å². The van der Waals surface area contributed by atoms with Crippen LogP contribution in [0.15, 0.2) is 24.3 Å². The van der Waals surface area contributed by atoms with E-state index in [1.165, 1.54) is 31.4 Å². The molecule has 2 heterocycles. The van der Waals surface area contributed by atoms with Gasteiger partial charge in [-0.15, -0.1) is 0 Å². The molecule has 2 atom stereocenters. The third-order valence-electron chi connectivity index (χ3n) is 4.19. The van der Waals surface area contributed by atoms with Gasteiger partial charge in [-0.1, -0.05) is 18.6 Å². The molecular weight excluding hydrogens is 229 g/mol. The summed E-state index contributed by atoms with van der Waals surface area (Å²) >= 11 is 0. The fraction of sp³-hybridized carbons (Fsp3) is 0.533. The first-order chi connectivity index (χ1) is 8.72. The molecule has 18 heavy (non-hydrogen) atoms. The van der Waals surface area contributed by atoms with Crippen molar-refractivity contribution < 1.29 is 9.18 Å². The van der Waals surface area contributed by atoms with E-state index in [9.17, 15) is 9.18 Å². The third-order valence-corrected chi connectivity index (χ3v) is 4.19. The number of halogens is 1. The second kappa shape index (κ2) is 4.81. The summed E-state index contributed by atoms with van der Waals surface area (Å²) in [5, 5.41) is 3.57. The Morgan fingerprint density at radius 3 is 2.61 bits per heavy atom. The van der Waals surface area contributed by atoms with E-state index in [1.807, 2.05) is 0 Å². The lowest BCUT2D eigenvalue weighted by molar-refractivity contribution is 0.0824. The summed E-state index contributed by atoms with van der Waals surface area (Å²) in [5.74, 6) is -0.133. The Bertz CT molecular complexity index is 448. The summed E-state index contributed by atoms with van der Waals surface area (Å²) in [5.41, 5.74) is 0.528. The van der Waals surface area contributed by atoms with Crippen molar-refractivity contribution >= 4 is 5.78 Å². The van der Waals surface area contributed by atoms with Gasteiger partial charge in [-0.3, -0.25) is 4.79 Å². The largest absolute Gasteiger partial charge is 0.311 e. The molecule has 0 spiro atoms. The molecular formula is C15H18FNO. The SMILES string of the molecule is O=C(c1cccc(F)c1)C1CC2CCCC(C1)N2. The van der Waals surface area contributed by atoms with Crippen molar-refractivity contribution in [1.82, 2.24) is 5.32 Å². The number of rotatable bonds is 2. The minimum absolute atomic E-state index is 0.0725. The number of carbonyl (C=O) groups is 1. The third kappa shape index (κ3) is 2.32. The van der Waals surface area contributed by atoms with E-state index >= 15 is 0 Å². The van der Waals surface area contributed by atoms with E-state index in [-0.39, 0.29) is 17.5 Å². The summed E-state index contributed by atoms with van der Waals surface area (Å²) in [6.07, 6.45) is 5.42. The van der Waals surface area contributed by atoms with Gasteiger partial charge >= 0.3 is 0 Å². The maximum Gasteiger partial charge on any atom is 0.166 e. The van der Waals surface area contributed by atoms with E-state index in [2.05, 4.69) is 5.32 Å². The Kier molecular flexibility index (Phi) is 3.16. The lowest BCUT2D eigenvalue weighted by atomic mass is 9.77. The van der Waals surface area contributed by atoms with Crippen LogP contribution >= 0.6 is 0 Å². The molecule has 2 fully saturated rings. The van der Waals surface area contributed by atoms with E-state index in [4.69, 9.17) is 0 Å². The lowest BCUT2D eigenvalue weighted by Gasteiger charge is -2.39. The number of hydrogen-bond donors (Lipinski definition) is 1. The number of benzene rings is 1. The summed E-state index contributed by atoms with van der Waals surface area (Å²) < 4.78 is 13.2. The number of nitrogens with one attached hydrogen (secondary N) is 1. The first kappa shape index (κ1) is 11.8. The summed E-state index contributed by atoms with van der Waals surface area (Å²) in [7, 11) is 0. The molecule has 0 saturated carbocycles. The van der Waals surface area contributed by atoms with Gasteiger partial charge < -0.3 is 5.32 Å². The molecule has 0 aromatic heterocycles. The second-order valence-corrected chi connectivity index (χ2v) is 5.53. The standard InChI is InChI=1S/C15H18FNO/c16-12-4-1-3-10(7-12)15(18)11-8-13-5-2-6-14(9-11)17-13/h1,3-4,7,11,13-14,17H,2,5-6,8-9H2. The molecule has 2 nitrogen and oxygen atoms in total. The van der Waals surface area contributed by atoms with Crippen LogP contribution in [0, 0.1) is 11.7 Å². The predicted octanol–water partition coefficient (Wildman–Crippen LogP) is 2.93. The summed E-state index contributed by atoms with van der Waals surface area (Å²) in [6.45, 7) is 0. The van der Waals surface area contributed by atoms with E-state index < -0.39 is 0 Å². The van der Waals surface area contributed by atoms with Crippen LogP contribution < -0.4 is 5.32 Å². The van der Waals surface area contributed by atoms with Gasteiger partial charge in [0.1, 0.15) is 5.82 Å². The van der Waals surface area contributed by atoms with Crippen molar-refractivity contribution in [3.05, 3.63) is 35.6 Å². The normalized spacial score (nSPS) is 31.1. The van der Waals surface area contributed by atoms with Crippen LogP contribution in [0.25, 0.3) is 0 Å². The number of fused-ring (bicyclic) bond motifs is 2. The van der Waals surface area contributed by atoms with E-state index in [0.29, 0.717) is 17.6 Å². The molecule has 2 bridgehead atoms. The van der Waals surface area contributed by atoms with Gasteiger partial charge in [0.2, 0.25) is 0 Å². The summed E-state index contributed by atoms with van der Waals surface area (Å²) in [6, 6.07) is 7.06. The van der Waals surface area contributed by atoms with Gasteiger partial charge in [0.15, 0.2) is 5.78 Å². The maximum atomic E-state index is 13.2. The molecule has 2 unspecified atom stereocenters. The highest BCUT2D eigenvalue weighted by Gasteiger charge is 2.34. The number of ketones is 1. The summed E-state index contributed by atoms with van der Waals surface area (Å²) in [4.78, 5) is 12.4. The van der Waals surface area contributed by atoms with Gasteiger partial charge in [0.05, 0.1) is 0 Å². The van der Waals surface area contributed by atoms with Gasteiger partial charge in [-0.25, -0.2) is 4.39 Å². The Balaban J connectivity index is 1.76. The zero-order chi connectivity index (χ0) is 12.5. The maximum absolute atomic E-state index is 13.2. The molecule has 3 heteroatoms. The Morgan fingerprint density at radius 2 is 1.94 bits per heavy atom. The molecule has 1 aromatic rings. The lowest BCUT2D eigenvalue weighted by Crippen LogP contribution is -2.50. The molecule has 2 aliphatic rings. The monoisotopic (exact) mass is 247 g/mol. The van der Waals surface area contributed by atoms with Gasteiger partial charge in [-0.05, 0) is 37.8 Å². The number of carbonyl (C=O) groups excluding carboxylic acids is 1. The molecule has 1 aromatic carbocycles. The molecule has 2 saturated heterocycles. The smallest absolute Gasteiger partial charge is 0.166 e. The van der Waals surface area contributed by atoms with E-state index in [1.54, 1.807) is 12.1 Å². The zero-order valence-electron chi connectivity index (χ0n) is 10.4. The highest BCUT2D eigenvalue weighted by Crippen LogP contribution is 2.31. The zero-order valence-corrected chi connectivity index (χ0v) is 10.4. The van der Waals surface area contributed by atoms with Crippen molar-refractivity contribution in [3.8, 4) is 0 Å². The van der Waals surface area contributed by atoms with Gasteiger partial charge in [0.25, 0.3) is 0 Å². The Morgan fingerprint density at radius 1 is 1.22 bits per heavy atom. The fourth-order valence-electron chi connectivity index (χ4n) is 3.36. The van der Waals surface area contributed by atoms with Crippen LogP contribution in [0.4, 0.5) is 4.39 Å². The molecule has 1 N–H and O–H groups in total.